The Bertz CT molecular complexity index is 2740. The van der Waals surface area contributed by atoms with Gasteiger partial charge in [0.05, 0.1) is 56.9 Å². The molecule has 7 aliphatic rings. The molecule has 3 aromatic rings. The van der Waals surface area contributed by atoms with Gasteiger partial charge < -0.3 is 56.8 Å². The Morgan fingerprint density at radius 3 is 2.14 bits per heavy atom. The van der Waals surface area contributed by atoms with Crippen LogP contribution in [0.2, 0.25) is 0 Å². The molecular weight excluding hydrogens is 1080 g/mol. The van der Waals surface area contributed by atoms with Crippen molar-refractivity contribution < 1.29 is 66.4 Å². The maximum Gasteiger partial charge on any atom is 0.340 e. The van der Waals surface area contributed by atoms with Crippen LogP contribution in [0.15, 0.2) is 127 Å². The number of carbonyl (C=O) groups excluding carboxylic acids is 2. The average Bonchev–Trinajstić information content (AvgIpc) is 2.68. The Morgan fingerprint density at radius 1 is 0.812 bits per heavy atom. The average molecular weight is 1170 g/mol. The largest absolute Gasteiger partial charge is 0.433 e. The molecule has 14 nitrogen and oxygen atoms in total. The van der Waals surface area contributed by atoms with Crippen molar-refractivity contribution in [2.45, 2.75) is 249 Å². The van der Waals surface area contributed by atoms with Crippen molar-refractivity contribution in [2.24, 2.45) is 23.2 Å². The summed E-state index contributed by atoms with van der Waals surface area (Å²) in [4.78, 5) is 27.5. The number of fused-ring (bicyclic) bond motifs is 1. The van der Waals surface area contributed by atoms with Crippen molar-refractivity contribution in [3.8, 4) is 0 Å². The Morgan fingerprint density at radius 2 is 1.49 bits per heavy atom. The van der Waals surface area contributed by atoms with Crippen LogP contribution < -0.4 is 0 Å². The van der Waals surface area contributed by atoms with Gasteiger partial charge in [-0.15, -0.1) is 0 Å². The number of hydrogen-bond acceptors (Lipinski definition) is 14. The number of benzene rings is 3. The van der Waals surface area contributed by atoms with Crippen LogP contribution in [0.1, 0.15) is 162 Å². The zero-order valence-corrected chi connectivity index (χ0v) is 52.0. The molecule has 7 aliphatic heterocycles. The molecule has 0 radical (unpaired) electrons. The second-order valence-electron chi connectivity index (χ2n) is 27.0. The van der Waals surface area contributed by atoms with E-state index in [9.17, 15) is 9.59 Å². The van der Waals surface area contributed by atoms with Gasteiger partial charge in [0.2, 0.25) is 12.1 Å². The van der Waals surface area contributed by atoms with Crippen LogP contribution in [0.5, 0.6) is 0 Å². The molecular formula is C71H96O14. The quantitative estimate of drug-likeness (QED) is 0.0534. The molecule has 14 heteroatoms. The van der Waals surface area contributed by atoms with Gasteiger partial charge in [-0.05, 0) is 111 Å². The first-order valence-corrected chi connectivity index (χ1v) is 31.8. The lowest BCUT2D eigenvalue weighted by Crippen LogP contribution is -2.61. The molecule has 464 valence electrons. The molecule has 3 aromatic carbocycles. The predicted molar refractivity (Wildman–Crippen MR) is 322 cm³/mol. The minimum atomic E-state index is -1.25. The van der Waals surface area contributed by atoms with E-state index in [1.165, 1.54) is 0 Å². The van der Waals surface area contributed by atoms with Crippen LogP contribution in [-0.4, -0.2) is 110 Å². The number of ether oxygens (including phenoxy) is 12. The van der Waals surface area contributed by atoms with Crippen molar-refractivity contribution >= 4 is 11.8 Å². The van der Waals surface area contributed by atoms with E-state index in [2.05, 4.69) is 58.0 Å². The first-order valence-electron chi connectivity index (χ1n) is 31.8. The van der Waals surface area contributed by atoms with Crippen molar-refractivity contribution in [2.75, 3.05) is 13.7 Å². The van der Waals surface area contributed by atoms with Crippen molar-refractivity contribution in [1.29, 1.82) is 0 Å². The third-order valence-electron chi connectivity index (χ3n) is 19.0. The van der Waals surface area contributed by atoms with Crippen LogP contribution in [-0.2, 0) is 86.3 Å². The molecule has 0 saturated carbocycles. The number of carbonyl (C=O) groups is 2. The SMILES string of the molecule is C=C1[C@@H](OCc2ccccc2)[C@@H]2O[C@@](CCC(=O)/C=C/[C@@H](C)C3CC(C)=C[C@]4(O3)O[C@H](C[C@@]3(C)O[C@H](C(C)(C)C)OC3=O)CC[C@H]4OCc3ccccc3)(OC)CC[C@H]2O[C@@H]1[C@H](C[C@H](C)[C@H]1O[C@@]2(CCCCO2)CC[C@H]1C)OCc1ccccc1. The third kappa shape index (κ3) is 15.4. The fraction of sp³-hybridized carbons (Fsp3) is 0.634. The molecule has 10 rings (SSSR count). The molecule has 7 heterocycles. The third-order valence-corrected chi connectivity index (χ3v) is 19.0. The number of hydrogen-bond donors (Lipinski definition) is 0. The minimum Gasteiger partial charge on any atom is -0.433 e. The number of esters is 1. The second-order valence-corrected chi connectivity index (χ2v) is 27.0. The molecule has 2 spiro atoms. The number of allylic oxidation sites excluding steroid dienone is 1. The summed E-state index contributed by atoms with van der Waals surface area (Å²) >= 11 is 0. The summed E-state index contributed by atoms with van der Waals surface area (Å²) in [6.07, 6.45) is 11.0. The van der Waals surface area contributed by atoms with Crippen LogP contribution in [0.3, 0.4) is 0 Å². The fourth-order valence-electron chi connectivity index (χ4n) is 13.9. The molecule has 85 heavy (non-hydrogen) atoms. The van der Waals surface area contributed by atoms with E-state index in [0.29, 0.717) is 77.1 Å². The van der Waals surface area contributed by atoms with Gasteiger partial charge in [0.1, 0.15) is 24.4 Å². The lowest BCUT2D eigenvalue weighted by Gasteiger charge is -2.52. The summed E-state index contributed by atoms with van der Waals surface area (Å²) in [6, 6.07) is 30.5. The smallest absolute Gasteiger partial charge is 0.340 e. The maximum absolute atomic E-state index is 14.1. The van der Waals surface area contributed by atoms with Gasteiger partial charge in [-0.1, -0.05) is 151 Å². The van der Waals surface area contributed by atoms with E-state index in [-0.39, 0.29) is 60.5 Å². The van der Waals surface area contributed by atoms with Crippen molar-refractivity contribution in [3.05, 3.63) is 144 Å². The molecule has 0 bridgehead atoms. The summed E-state index contributed by atoms with van der Waals surface area (Å²) < 4.78 is 81.0. The van der Waals surface area contributed by atoms with Gasteiger partial charge in [-0.25, -0.2) is 4.79 Å². The summed E-state index contributed by atoms with van der Waals surface area (Å²) in [5, 5.41) is 0. The Labute approximate surface area is 505 Å². The van der Waals surface area contributed by atoms with Crippen LogP contribution in [0, 0.1) is 23.2 Å². The Balaban J connectivity index is 0.820. The minimum absolute atomic E-state index is 0.0122. The van der Waals surface area contributed by atoms with E-state index < -0.39 is 59.1 Å². The van der Waals surface area contributed by atoms with Crippen molar-refractivity contribution in [1.82, 2.24) is 0 Å². The van der Waals surface area contributed by atoms with Crippen LogP contribution in [0.4, 0.5) is 0 Å². The highest BCUT2D eigenvalue weighted by atomic mass is 16.8. The Kier molecular flexibility index (Phi) is 20.6. The number of cyclic esters (lactones) is 1. The number of rotatable bonds is 22. The monoisotopic (exact) mass is 1170 g/mol. The van der Waals surface area contributed by atoms with Gasteiger partial charge in [0.25, 0.3) is 0 Å². The summed E-state index contributed by atoms with van der Waals surface area (Å²) in [6.45, 7) is 23.1. The highest BCUT2D eigenvalue weighted by Crippen LogP contribution is 2.48. The van der Waals surface area contributed by atoms with E-state index in [1.54, 1.807) is 20.1 Å². The van der Waals surface area contributed by atoms with E-state index in [1.807, 2.05) is 93.6 Å². The first-order chi connectivity index (χ1) is 40.8. The Hall–Kier alpha value is -4.42. The molecule has 0 aromatic heterocycles. The van der Waals surface area contributed by atoms with Gasteiger partial charge in [-0.2, -0.15) is 0 Å². The molecule has 0 amide bonds. The topological polar surface area (TPSA) is 145 Å². The molecule has 0 aliphatic carbocycles. The van der Waals surface area contributed by atoms with Gasteiger partial charge >= 0.3 is 5.97 Å². The highest BCUT2D eigenvalue weighted by Gasteiger charge is 2.57. The van der Waals surface area contributed by atoms with E-state index in [4.69, 9.17) is 63.4 Å². The normalized spacial score (nSPS) is 35.5. The molecule has 0 N–H and O–H groups in total. The van der Waals surface area contributed by atoms with Gasteiger partial charge in [-0.3, -0.25) is 4.79 Å². The molecule has 6 saturated heterocycles. The number of ketones is 1. The fourth-order valence-corrected chi connectivity index (χ4v) is 13.9. The predicted octanol–water partition coefficient (Wildman–Crippen LogP) is 13.6. The lowest BCUT2D eigenvalue weighted by molar-refractivity contribution is -0.329. The molecule has 6 fully saturated rings. The van der Waals surface area contributed by atoms with E-state index in [0.717, 1.165) is 66.5 Å². The standard InChI is InChI=1S/C71H96O14/c1-47-40-58(82-71(42-47)60(76-45-53-24-16-12-17-25-53)31-30-56(81-71)43-68(9)65(73)80-66(85-68)67(6,7)8)48(2)28-29-55(72)33-37-69(74-10)38-34-57-64(84-69)63(77-46-54-26-18-13-19-27-54)51(5)62(79-57)59(75-44-52-22-14-11-15-23-52)41-50(4)61-49(3)32-36-70(83-61)35-20-21-39-78-70/h11-19,22-29,42,48-50,56-64,66H,5,20-21,30-41,43-46H2,1-4,6-10H3/b29-28+/t48-,49-,50+,56+,57-,58?,59+,60-,61+,62+,63-,64-,66-,68-,69-,70+,71-/m1/s1. The van der Waals surface area contributed by atoms with Gasteiger partial charge in [0, 0.05) is 57.0 Å². The highest BCUT2D eigenvalue weighted by molar-refractivity contribution is 5.89. The maximum atomic E-state index is 14.1. The number of methoxy groups -OCH3 is 1. The zero-order chi connectivity index (χ0) is 60.0. The van der Waals surface area contributed by atoms with Crippen molar-refractivity contribution in [3.63, 3.8) is 0 Å². The summed E-state index contributed by atoms with van der Waals surface area (Å²) in [5.41, 5.74) is 3.41. The van der Waals surface area contributed by atoms with Crippen LogP contribution >= 0.6 is 0 Å². The van der Waals surface area contributed by atoms with E-state index >= 15 is 0 Å². The van der Waals surface area contributed by atoms with Crippen LogP contribution in [0.25, 0.3) is 0 Å². The molecule has 17 atom stereocenters. The lowest BCUT2D eigenvalue weighted by atomic mass is 9.79. The zero-order valence-electron chi connectivity index (χ0n) is 52.0. The van der Waals surface area contributed by atoms with Gasteiger partial charge in [0.15, 0.2) is 23.0 Å². The summed E-state index contributed by atoms with van der Waals surface area (Å²) in [5.74, 6) is -3.00. The molecule has 1 unspecified atom stereocenters. The summed E-state index contributed by atoms with van der Waals surface area (Å²) in [7, 11) is 1.66. The first kappa shape index (κ1) is 63.6. The second kappa shape index (κ2) is 27.5.